The minimum atomic E-state index is -0.694. The second-order valence-corrected chi connectivity index (χ2v) is 5.32. The molecular weight excluding hydrogens is 342 g/mol. The predicted octanol–water partition coefficient (Wildman–Crippen LogP) is 4.61. The molecule has 0 fully saturated rings. The molecule has 0 aliphatic heterocycles. The lowest BCUT2D eigenvalue weighted by atomic mass is 10.1. The van der Waals surface area contributed by atoms with Gasteiger partial charge in [0.05, 0.1) is 11.7 Å². The maximum Gasteiger partial charge on any atom is 0.319 e. The van der Waals surface area contributed by atoms with Gasteiger partial charge in [-0.05, 0) is 30.7 Å². The maximum atomic E-state index is 13.4. The Morgan fingerprint density at radius 2 is 1.90 bits per heavy atom. The molecule has 110 valence electrons. The number of benzene rings is 2. The fourth-order valence-corrected chi connectivity index (χ4v) is 2.48. The summed E-state index contributed by atoms with van der Waals surface area (Å²) in [6.07, 6.45) is 0. The summed E-state index contributed by atoms with van der Waals surface area (Å²) >= 11 is 3.39. The number of hydrogen-bond acceptors (Lipinski definition) is 1. The highest BCUT2D eigenvalue weighted by atomic mass is 79.9. The van der Waals surface area contributed by atoms with Crippen LogP contribution in [-0.2, 0) is 0 Å². The van der Waals surface area contributed by atoms with E-state index in [9.17, 15) is 13.6 Å². The van der Waals surface area contributed by atoms with Crippen LogP contribution in [-0.4, -0.2) is 6.03 Å². The van der Waals surface area contributed by atoms with Gasteiger partial charge in [-0.15, -0.1) is 0 Å². The fraction of sp³-hybridized carbons (Fsp3) is 0.133. The van der Waals surface area contributed by atoms with E-state index in [0.29, 0.717) is 0 Å². The Morgan fingerprint density at radius 3 is 2.62 bits per heavy atom. The van der Waals surface area contributed by atoms with E-state index in [-0.39, 0.29) is 11.7 Å². The van der Waals surface area contributed by atoms with E-state index in [1.165, 1.54) is 0 Å². The molecule has 2 aromatic rings. The van der Waals surface area contributed by atoms with E-state index < -0.39 is 17.7 Å². The van der Waals surface area contributed by atoms with Gasteiger partial charge in [0.15, 0.2) is 0 Å². The first-order chi connectivity index (χ1) is 9.97. The molecule has 0 radical (unpaired) electrons. The standard InChI is InChI=1S/C15H13BrF2N2O/c1-9(11-4-2-3-5-12(11)16)19-15(21)20-14-8-10(17)6-7-13(14)18/h2-9H,1H3,(H2,19,20,21). The van der Waals surface area contributed by atoms with Crippen molar-refractivity contribution in [1.82, 2.24) is 5.32 Å². The number of anilines is 1. The number of carbonyl (C=O) groups excluding carboxylic acids is 1. The highest BCUT2D eigenvalue weighted by Gasteiger charge is 2.13. The number of halogens is 3. The Kier molecular flexibility index (Phi) is 4.90. The molecule has 0 bridgehead atoms. The maximum absolute atomic E-state index is 13.4. The van der Waals surface area contributed by atoms with Gasteiger partial charge in [0, 0.05) is 10.5 Å². The zero-order valence-electron chi connectivity index (χ0n) is 11.2. The second-order valence-electron chi connectivity index (χ2n) is 4.47. The van der Waals surface area contributed by atoms with Crippen LogP contribution >= 0.6 is 15.9 Å². The number of hydrogen-bond donors (Lipinski definition) is 2. The van der Waals surface area contributed by atoms with Crippen molar-refractivity contribution >= 4 is 27.6 Å². The largest absolute Gasteiger partial charge is 0.331 e. The highest BCUT2D eigenvalue weighted by molar-refractivity contribution is 9.10. The van der Waals surface area contributed by atoms with Crippen molar-refractivity contribution in [2.75, 3.05) is 5.32 Å². The molecule has 2 amide bonds. The van der Waals surface area contributed by atoms with Gasteiger partial charge in [0.1, 0.15) is 11.6 Å². The van der Waals surface area contributed by atoms with Crippen LogP contribution in [0.2, 0.25) is 0 Å². The third kappa shape index (κ3) is 4.01. The van der Waals surface area contributed by atoms with E-state index in [0.717, 1.165) is 28.2 Å². The molecule has 6 heteroatoms. The molecule has 0 heterocycles. The lowest BCUT2D eigenvalue weighted by Crippen LogP contribution is -2.31. The van der Waals surface area contributed by atoms with Crippen LogP contribution in [0.25, 0.3) is 0 Å². The van der Waals surface area contributed by atoms with Crippen molar-refractivity contribution in [3.05, 3.63) is 64.1 Å². The molecule has 1 unspecified atom stereocenters. The molecule has 0 aliphatic carbocycles. The number of rotatable bonds is 3. The normalized spacial score (nSPS) is 11.8. The zero-order valence-corrected chi connectivity index (χ0v) is 12.7. The van der Waals surface area contributed by atoms with Crippen LogP contribution < -0.4 is 10.6 Å². The van der Waals surface area contributed by atoms with E-state index >= 15 is 0 Å². The second kappa shape index (κ2) is 6.67. The van der Waals surface area contributed by atoms with Crippen LogP contribution in [0.4, 0.5) is 19.3 Å². The minimum absolute atomic E-state index is 0.202. The summed E-state index contributed by atoms with van der Waals surface area (Å²) in [6, 6.07) is 9.41. The van der Waals surface area contributed by atoms with Gasteiger partial charge in [-0.1, -0.05) is 34.1 Å². The van der Waals surface area contributed by atoms with Gasteiger partial charge in [0.2, 0.25) is 0 Å². The summed E-state index contributed by atoms with van der Waals surface area (Å²) in [7, 11) is 0. The lowest BCUT2D eigenvalue weighted by molar-refractivity contribution is 0.249. The number of nitrogens with one attached hydrogen (secondary N) is 2. The first kappa shape index (κ1) is 15.4. The summed E-state index contributed by atoms with van der Waals surface area (Å²) in [5.74, 6) is -1.31. The van der Waals surface area contributed by atoms with Gasteiger partial charge >= 0.3 is 6.03 Å². The predicted molar refractivity (Wildman–Crippen MR) is 81.1 cm³/mol. The van der Waals surface area contributed by atoms with E-state index in [4.69, 9.17) is 0 Å². The topological polar surface area (TPSA) is 41.1 Å². The summed E-state index contributed by atoms with van der Waals surface area (Å²) in [5.41, 5.74) is 0.680. The molecular formula is C15H13BrF2N2O. The number of carbonyl (C=O) groups is 1. The van der Waals surface area contributed by atoms with Crippen LogP contribution in [0, 0.1) is 11.6 Å². The molecule has 0 spiro atoms. The molecule has 2 rings (SSSR count). The fourth-order valence-electron chi connectivity index (χ4n) is 1.85. The molecule has 0 saturated carbocycles. The third-order valence-corrected chi connectivity index (χ3v) is 3.62. The average Bonchev–Trinajstić information content (AvgIpc) is 2.43. The van der Waals surface area contributed by atoms with Crippen molar-refractivity contribution in [2.24, 2.45) is 0 Å². The van der Waals surface area contributed by atoms with E-state index in [2.05, 4.69) is 26.6 Å². The molecule has 2 N–H and O–H groups in total. The summed E-state index contributed by atoms with van der Waals surface area (Å²) in [5, 5.41) is 4.95. The molecule has 2 aromatic carbocycles. The highest BCUT2D eigenvalue weighted by Crippen LogP contribution is 2.23. The van der Waals surface area contributed by atoms with Crippen LogP contribution in [0.5, 0.6) is 0 Å². The summed E-state index contributed by atoms with van der Waals surface area (Å²) < 4.78 is 27.3. The van der Waals surface area contributed by atoms with Crippen LogP contribution in [0.1, 0.15) is 18.5 Å². The van der Waals surface area contributed by atoms with Crippen molar-refractivity contribution in [3.8, 4) is 0 Å². The Bertz CT molecular complexity index is 664. The molecule has 21 heavy (non-hydrogen) atoms. The Morgan fingerprint density at radius 1 is 1.19 bits per heavy atom. The van der Waals surface area contributed by atoms with Gasteiger partial charge in [-0.2, -0.15) is 0 Å². The van der Waals surface area contributed by atoms with Crippen molar-refractivity contribution in [3.63, 3.8) is 0 Å². The van der Waals surface area contributed by atoms with Crippen LogP contribution in [0.15, 0.2) is 46.9 Å². The Hall–Kier alpha value is -1.95. The summed E-state index contributed by atoms with van der Waals surface area (Å²) in [4.78, 5) is 11.8. The third-order valence-electron chi connectivity index (χ3n) is 2.90. The minimum Gasteiger partial charge on any atom is -0.331 e. The first-order valence-corrected chi connectivity index (χ1v) is 7.03. The first-order valence-electron chi connectivity index (χ1n) is 6.24. The SMILES string of the molecule is CC(NC(=O)Nc1cc(F)ccc1F)c1ccccc1Br. The summed E-state index contributed by atoms with van der Waals surface area (Å²) in [6.45, 7) is 1.79. The van der Waals surface area contributed by atoms with Gasteiger partial charge in [-0.25, -0.2) is 13.6 Å². The number of urea groups is 1. The molecule has 3 nitrogen and oxygen atoms in total. The van der Waals surface area contributed by atoms with E-state index in [1.807, 2.05) is 24.3 Å². The van der Waals surface area contributed by atoms with Crippen molar-refractivity contribution in [1.29, 1.82) is 0 Å². The molecule has 0 aromatic heterocycles. The molecule has 0 saturated heterocycles. The van der Waals surface area contributed by atoms with E-state index in [1.54, 1.807) is 6.92 Å². The van der Waals surface area contributed by atoms with Gasteiger partial charge in [-0.3, -0.25) is 0 Å². The monoisotopic (exact) mass is 354 g/mol. The Balaban J connectivity index is 2.05. The molecule has 1 atom stereocenters. The quantitative estimate of drug-likeness (QED) is 0.830. The lowest BCUT2D eigenvalue weighted by Gasteiger charge is -2.16. The van der Waals surface area contributed by atoms with Gasteiger partial charge < -0.3 is 10.6 Å². The zero-order chi connectivity index (χ0) is 15.4. The van der Waals surface area contributed by atoms with Gasteiger partial charge in [0.25, 0.3) is 0 Å². The smallest absolute Gasteiger partial charge is 0.319 e. The van der Waals surface area contributed by atoms with Crippen molar-refractivity contribution < 1.29 is 13.6 Å². The van der Waals surface area contributed by atoms with Crippen LogP contribution in [0.3, 0.4) is 0 Å². The molecule has 0 aliphatic rings. The number of amides is 2. The average molecular weight is 355 g/mol. The Labute approximate surface area is 129 Å². The van der Waals surface area contributed by atoms with Crippen molar-refractivity contribution in [2.45, 2.75) is 13.0 Å².